The van der Waals surface area contributed by atoms with Gasteiger partial charge >= 0.3 is 0 Å². The van der Waals surface area contributed by atoms with Crippen LogP contribution in [0.15, 0.2) is 5.10 Å². The maximum atomic E-state index is 5.22. The van der Waals surface area contributed by atoms with Gasteiger partial charge in [-0.15, -0.1) is 0 Å². The molecule has 0 aromatic carbocycles. The average Bonchev–Trinajstić information content (AvgIpc) is 2.31. The molecule has 0 heterocycles. The Balaban J connectivity index is 2.36. The minimum Gasteiger partial charge on any atom is -0.375 e. The molecule has 0 spiro atoms. The minimum absolute atomic E-state index is 0.247. The molecule has 1 fully saturated rings. The van der Waals surface area contributed by atoms with Crippen LogP contribution in [0.2, 0.25) is 0 Å². The number of hydrogen-bond donors (Lipinski definition) is 2. The molecule has 4 heteroatoms. The van der Waals surface area contributed by atoms with Crippen molar-refractivity contribution in [2.75, 3.05) is 0 Å². The highest BCUT2D eigenvalue weighted by atomic mass is 32.1. The quantitative estimate of drug-likeness (QED) is 0.457. The molecule has 0 bridgehead atoms. The molecule has 1 saturated carbocycles. The summed E-state index contributed by atoms with van der Waals surface area (Å²) in [5.41, 5.74) is 9.01. The zero-order valence-corrected chi connectivity index (χ0v) is 7.45. The van der Waals surface area contributed by atoms with E-state index < -0.39 is 0 Å². The summed E-state index contributed by atoms with van der Waals surface area (Å²) in [5, 5.41) is 4.32. The summed E-state index contributed by atoms with van der Waals surface area (Å²) in [6, 6.07) is 0. The average molecular weight is 171 g/mol. The van der Waals surface area contributed by atoms with E-state index in [-0.39, 0.29) is 5.11 Å². The third kappa shape index (κ3) is 2.84. The predicted octanol–water partition coefficient (Wildman–Crippen LogP) is 0.996. The van der Waals surface area contributed by atoms with Crippen molar-refractivity contribution in [2.45, 2.75) is 26.2 Å². The molecule has 0 amide bonds. The van der Waals surface area contributed by atoms with E-state index in [0.29, 0.717) is 0 Å². The van der Waals surface area contributed by atoms with Gasteiger partial charge in [0.15, 0.2) is 5.11 Å². The predicted molar refractivity (Wildman–Crippen MR) is 50.4 cm³/mol. The molecular weight excluding hydrogens is 158 g/mol. The third-order valence-electron chi connectivity index (χ3n) is 1.83. The molecule has 0 saturated heterocycles. The van der Waals surface area contributed by atoms with Crippen molar-refractivity contribution in [1.82, 2.24) is 5.43 Å². The highest BCUT2D eigenvalue weighted by Crippen LogP contribution is 2.21. The fourth-order valence-corrected chi connectivity index (χ4v) is 1.30. The molecular formula is C7H13N3S. The van der Waals surface area contributed by atoms with Crippen molar-refractivity contribution in [1.29, 1.82) is 0 Å². The number of hydrazone groups is 1. The van der Waals surface area contributed by atoms with Crippen molar-refractivity contribution in [3.8, 4) is 0 Å². The Labute approximate surface area is 72.0 Å². The van der Waals surface area contributed by atoms with E-state index in [2.05, 4.69) is 29.7 Å². The van der Waals surface area contributed by atoms with E-state index in [1.807, 2.05) is 0 Å². The summed E-state index contributed by atoms with van der Waals surface area (Å²) in [6.07, 6.45) is 3.39. The molecule has 1 unspecified atom stereocenters. The van der Waals surface area contributed by atoms with Gasteiger partial charge in [-0.2, -0.15) is 5.10 Å². The normalized spacial score (nSPS) is 27.4. The first-order valence-corrected chi connectivity index (χ1v) is 4.20. The first kappa shape index (κ1) is 8.46. The summed E-state index contributed by atoms with van der Waals surface area (Å²) in [6.45, 7) is 2.23. The van der Waals surface area contributed by atoms with Gasteiger partial charge in [0, 0.05) is 5.71 Å². The number of hydrogen-bond acceptors (Lipinski definition) is 2. The number of rotatable bonds is 1. The SMILES string of the molecule is CC1CC/C(=N/NC(N)=S)C1. The molecule has 3 nitrogen and oxygen atoms in total. The standard InChI is InChI=1S/C7H13N3S/c1-5-2-3-6(4-5)9-10-7(8)11/h5H,2-4H2,1H3,(H3,8,10,11)/b9-6-. The molecule has 1 atom stereocenters. The van der Waals surface area contributed by atoms with Crippen LogP contribution in [0.4, 0.5) is 0 Å². The van der Waals surface area contributed by atoms with Gasteiger partial charge < -0.3 is 5.73 Å². The Kier molecular flexibility index (Phi) is 2.82. The zero-order chi connectivity index (χ0) is 8.27. The first-order chi connectivity index (χ1) is 5.18. The lowest BCUT2D eigenvalue weighted by molar-refractivity contribution is 0.623. The topological polar surface area (TPSA) is 50.4 Å². The third-order valence-corrected chi connectivity index (χ3v) is 1.93. The van der Waals surface area contributed by atoms with E-state index in [4.69, 9.17) is 5.73 Å². The van der Waals surface area contributed by atoms with Crippen LogP contribution in [0.1, 0.15) is 26.2 Å². The summed E-state index contributed by atoms with van der Waals surface area (Å²) in [4.78, 5) is 0. The smallest absolute Gasteiger partial charge is 0.184 e. The van der Waals surface area contributed by atoms with Crippen molar-refractivity contribution >= 4 is 23.0 Å². The Hall–Kier alpha value is -0.640. The van der Waals surface area contributed by atoms with Gasteiger partial charge in [0.1, 0.15) is 0 Å². The fraction of sp³-hybridized carbons (Fsp3) is 0.714. The maximum absolute atomic E-state index is 5.22. The first-order valence-electron chi connectivity index (χ1n) is 3.79. The molecule has 0 aromatic heterocycles. The van der Waals surface area contributed by atoms with E-state index in [1.165, 1.54) is 12.1 Å². The van der Waals surface area contributed by atoms with E-state index in [9.17, 15) is 0 Å². The Morgan fingerprint density at radius 1 is 1.82 bits per heavy atom. The van der Waals surface area contributed by atoms with Crippen LogP contribution in [0, 0.1) is 5.92 Å². The van der Waals surface area contributed by atoms with Gasteiger partial charge in [-0.25, -0.2) is 0 Å². The second-order valence-corrected chi connectivity index (χ2v) is 3.44. The molecule has 0 radical (unpaired) electrons. The number of nitrogens with zero attached hydrogens (tertiary/aromatic N) is 1. The van der Waals surface area contributed by atoms with Crippen LogP contribution in [0.3, 0.4) is 0 Å². The van der Waals surface area contributed by atoms with Crippen molar-refractivity contribution < 1.29 is 0 Å². The second kappa shape index (κ2) is 3.67. The number of thiocarbonyl (C=S) groups is 1. The van der Waals surface area contributed by atoms with Gasteiger partial charge in [-0.1, -0.05) is 6.92 Å². The van der Waals surface area contributed by atoms with Crippen molar-refractivity contribution in [2.24, 2.45) is 16.8 Å². The summed E-state index contributed by atoms with van der Waals surface area (Å²) < 4.78 is 0. The van der Waals surface area contributed by atoms with Crippen LogP contribution in [0.25, 0.3) is 0 Å². The molecule has 1 aliphatic rings. The molecule has 11 heavy (non-hydrogen) atoms. The molecule has 1 rings (SSSR count). The van der Waals surface area contributed by atoms with Crippen LogP contribution in [-0.2, 0) is 0 Å². The van der Waals surface area contributed by atoms with E-state index in [0.717, 1.165) is 18.8 Å². The zero-order valence-electron chi connectivity index (χ0n) is 6.63. The van der Waals surface area contributed by atoms with Crippen LogP contribution in [-0.4, -0.2) is 10.8 Å². The highest BCUT2D eigenvalue weighted by Gasteiger charge is 2.15. The van der Waals surface area contributed by atoms with Crippen LogP contribution >= 0.6 is 12.2 Å². The highest BCUT2D eigenvalue weighted by molar-refractivity contribution is 7.80. The largest absolute Gasteiger partial charge is 0.375 e. The lowest BCUT2D eigenvalue weighted by Crippen LogP contribution is -2.25. The minimum atomic E-state index is 0.247. The Morgan fingerprint density at radius 3 is 3.00 bits per heavy atom. The Bertz CT molecular complexity index is 188. The monoisotopic (exact) mass is 171 g/mol. The summed E-state index contributed by atoms with van der Waals surface area (Å²) in [7, 11) is 0. The maximum Gasteiger partial charge on any atom is 0.184 e. The van der Waals surface area contributed by atoms with Crippen molar-refractivity contribution in [3.63, 3.8) is 0 Å². The Morgan fingerprint density at radius 2 is 2.55 bits per heavy atom. The van der Waals surface area contributed by atoms with Gasteiger partial charge in [-0.3, -0.25) is 5.43 Å². The summed E-state index contributed by atoms with van der Waals surface area (Å²) in [5.74, 6) is 0.766. The lowest BCUT2D eigenvalue weighted by atomic mass is 10.1. The summed E-state index contributed by atoms with van der Waals surface area (Å²) >= 11 is 4.62. The van der Waals surface area contributed by atoms with Gasteiger partial charge in [-0.05, 0) is 37.4 Å². The second-order valence-electron chi connectivity index (χ2n) is 3.00. The van der Waals surface area contributed by atoms with Gasteiger partial charge in [0.2, 0.25) is 0 Å². The lowest BCUT2D eigenvalue weighted by Gasteiger charge is -1.97. The molecule has 0 aromatic rings. The van der Waals surface area contributed by atoms with Crippen LogP contribution < -0.4 is 11.2 Å². The van der Waals surface area contributed by atoms with Crippen molar-refractivity contribution in [3.05, 3.63) is 0 Å². The van der Waals surface area contributed by atoms with Crippen LogP contribution in [0.5, 0.6) is 0 Å². The van der Waals surface area contributed by atoms with Gasteiger partial charge in [0.25, 0.3) is 0 Å². The molecule has 62 valence electrons. The number of nitrogens with one attached hydrogen (secondary N) is 1. The fourth-order valence-electron chi connectivity index (χ4n) is 1.26. The van der Waals surface area contributed by atoms with E-state index in [1.54, 1.807) is 0 Å². The molecule has 3 N–H and O–H groups in total. The molecule has 1 aliphatic carbocycles. The van der Waals surface area contributed by atoms with E-state index >= 15 is 0 Å². The molecule has 0 aliphatic heterocycles. The number of nitrogens with two attached hydrogens (primary N) is 1. The van der Waals surface area contributed by atoms with Gasteiger partial charge in [0.05, 0.1) is 0 Å².